The van der Waals surface area contributed by atoms with Gasteiger partial charge in [-0.2, -0.15) is 0 Å². The lowest BCUT2D eigenvalue weighted by atomic mass is 10.0. The molecule has 3 N–H and O–H groups in total. The van der Waals surface area contributed by atoms with Gasteiger partial charge in [-0.15, -0.1) is 0 Å². The van der Waals surface area contributed by atoms with Crippen LogP contribution in [0.2, 0.25) is 0 Å². The first-order chi connectivity index (χ1) is 23.0. The summed E-state index contributed by atoms with van der Waals surface area (Å²) in [5.41, 5.74) is 5.48. The molecule has 0 aliphatic rings. The second-order valence-corrected chi connectivity index (χ2v) is 14.4. The molecule has 0 saturated heterocycles. The molecular formula is C41H81N3O3. The van der Waals surface area contributed by atoms with Crippen LogP contribution in [0.1, 0.15) is 226 Å². The largest absolute Gasteiger partial charge is 0.370 e. The Morgan fingerprint density at radius 1 is 0.468 bits per heavy atom. The van der Waals surface area contributed by atoms with Gasteiger partial charge in [-0.3, -0.25) is 14.4 Å². The molecular weight excluding hydrogens is 582 g/mol. The fourth-order valence-electron chi connectivity index (χ4n) is 6.54. The van der Waals surface area contributed by atoms with Crippen LogP contribution in [0.15, 0.2) is 0 Å². The fraction of sp³-hybridized carbons (Fsp3) is 0.927. The molecule has 47 heavy (non-hydrogen) atoms. The van der Waals surface area contributed by atoms with Gasteiger partial charge in [0.2, 0.25) is 17.7 Å². The Labute approximate surface area is 292 Å². The van der Waals surface area contributed by atoms with Gasteiger partial charge >= 0.3 is 0 Å². The third kappa shape index (κ3) is 31.4. The van der Waals surface area contributed by atoms with E-state index in [4.69, 9.17) is 5.73 Å². The van der Waals surface area contributed by atoms with Crippen molar-refractivity contribution in [2.45, 2.75) is 232 Å². The Balaban J connectivity index is 4.84. The zero-order valence-corrected chi connectivity index (χ0v) is 31.9. The van der Waals surface area contributed by atoms with Crippen molar-refractivity contribution in [3.63, 3.8) is 0 Å². The number of amides is 3. The summed E-state index contributed by atoms with van der Waals surface area (Å²) in [5, 5.41) is 3.02. The number of carbonyl (C=O) groups excluding carboxylic acids is 3. The molecule has 0 aromatic carbocycles. The number of nitrogens with zero attached hydrogens (tertiary/aromatic N) is 1. The number of unbranched alkanes of at least 4 members (excludes halogenated alkanes) is 26. The summed E-state index contributed by atoms with van der Waals surface area (Å²) < 4.78 is 0. The van der Waals surface area contributed by atoms with Gasteiger partial charge in [0.1, 0.15) is 6.04 Å². The summed E-state index contributed by atoms with van der Waals surface area (Å²) in [6, 6.07) is -0.667. The maximum atomic E-state index is 13.9. The van der Waals surface area contributed by atoms with Gasteiger partial charge in [0.25, 0.3) is 0 Å². The molecule has 1 atom stereocenters. The van der Waals surface area contributed by atoms with Crippen molar-refractivity contribution in [3.05, 3.63) is 0 Å². The van der Waals surface area contributed by atoms with Crippen molar-refractivity contribution < 1.29 is 14.4 Å². The summed E-state index contributed by atoms with van der Waals surface area (Å²) in [7, 11) is 0. The van der Waals surface area contributed by atoms with E-state index in [1.165, 1.54) is 141 Å². The molecule has 0 bridgehead atoms. The monoisotopic (exact) mass is 664 g/mol. The summed E-state index contributed by atoms with van der Waals surface area (Å²) in [6.07, 6.45) is 36.9. The molecule has 0 aliphatic heterocycles. The van der Waals surface area contributed by atoms with Crippen LogP contribution in [0.5, 0.6) is 0 Å². The average Bonchev–Trinajstić information content (AvgIpc) is 3.06. The summed E-state index contributed by atoms with van der Waals surface area (Å²) >= 11 is 0. The Morgan fingerprint density at radius 2 is 0.787 bits per heavy atom. The van der Waals surface area contributed by atoms with E-state index < -0.39 is 11.9 Å². The predicted molar refractivity (Wildman–Crippen MR) is 202 cm³/mol. The van der Waals surface area contributed by atoms with Crippen LogP contribution in [0.4, 0.5) is 0 Å². The van der Waals surface area contributed by atoms with Gasteiger partial charge in [-0.25, -0.2) is 0 Å². The SMILES string of the molecule is CCCCCCCCCCCCN(CCCCCCCCCCCC)C(=O)[C@H](CCC(N)=O)NC(=O)CCCCCCCCCCC. The first-order valence-corrected chi connectivity index (χ1v) is 20.8. The second kappa shape index (κ2) is 35.7. The maximum Gasteiger partial charge on any atom is 0.245 e. The smallest absolute Gasteiger partial charge is 0.245 e. The van der Waals surface area contributed by atoms with E-state index in [9.17, 15) is 14.4 Å². The van der Waals surface area contributed by atoms with Gasteiger partial charge < -0.3 is 16.0 Å². The summed E-state index contributed by atoms with van der Waals surface area (Å²) in [5.74, 6) is -0.529. The van der Waals surface area contributed by atoms with Crippen LogP contribution < -0.4 is 11.1 Å². The van der Waals surface area contributed by atoms with Crippen molar-refractivity contribution in [3.8, 4) is 0 Å². The number of nitrogens with one attached hydrogen (secondary N) is 1. The molecule has 0 unspecified atom stereocenters. The van der Waals surface area contributed by atoms with Crippen LogP contribution in [0.25, 0.3) is 0 Å². The van der Waals surface area contributed by atoms with Crippen molar-refractivity contribution in [2.75, 3.05) is 13.1 Å². The fourth-order valence-corrected chi connectivity index (χ4v) is 6.54. The van der Waals surface area contributed by atoms with Crippen LogP contribution in [0.3, 0.4) is 0 Å². The molecule has 0 fully saturated rings. The molecule has 6 heteroatoms. The highest BCUT2D eigenvalue weighted by Gasteiger charge is 2.26. The molecule has 0 spiro atoms. The summed E-state index contributed by atoms with van der Waals surface area (Å²) in [4.78, 5) is 40.4. The van der Waals surface area contributed by atoms with E-state index in [0.29, 0.717) is 6.42 Å². The minimum atomic E-state index is -0.667. The standard InChI is InChI=1S/C41H81N3O3/c1-4-7-10-13-16-19-22-25-28-31-36-44(37-32-29-26-23-20-17-14-11-8-5-2)41(47)38(34-35-39(42)45)43-40(46)33-30-27-24-21-18-15-12-9-6-3/h38H,4-37H2,1-3H3,(H2,42,45)(H,43,46)/t38-/m0/s1. The lowest BCUT2D eigenvalue weighted by molar-refractivity contribution is -0.137. The predicted octanol–water partition coefficient (Wildman–Crippen LogP) is 11.3. The van der Waals surface area contributed by atoms with Crippen LogP contribution in [-0.2, 0) is 14.4 Å². The number of nitrogens with two attached hydrogens (primary N) is 1. The normalized spacial score (nSPS) is 11.9. The molecule has 0 aromatic heterocycles. The summed E-state index contributed by atoms with van der Waals surface area (Å²) in [6.45, 7) is 8.22. The number of rotatable bonds is 37. The van der Waals surface area contributed by atoms with Crippen molar-refractivity contribution >= 4 is 17.7 Å². The Morgan fingerprint density at radius 3 is 1.13 bits per heavy atom. The molecule has 0 aromatic rings. The van der Waals surface area contributed by atoms with E-state index in [1.807, 2.05) is 4.90 Å². The van der Waals surface area contributed by atoms with Crippen molar-refractivity contribution in [2.24, 2.45) is 5.73 Å². The molecule has 0 radical (unpaired) electrons. The highest BCUT2D eigenvalue weighted by Crippen LogP contribution is 2.15. The third-order valence-corrected chi connectivity index (χ3v) is 9.69. The molecule has 6 nitrogen and oxygen atoms in total. The molecule has 0 aliphatic carbocycles. The molecule has 0 saturated carbocycles. The average molecular weight is 664 g/mol. The van der Waals surface area contributed by atoms with E-state index in [1.54, 1.807) is 0 Å². The molecule has 278 valence electrons. The number of hydrogen-bond donors (Lipinski definition) is 2. The second-order valence-electron chi connectivity index (χ2n) is 14.4. The van der Waals surface area contributed by atoms with Crippen molar-refractivity contribution in [1.82, 2.24) is 10.2 Å². The topological polar surface area (TPSA) is 92.5 Å². The van der Waals surface area contributed by atoms with E-state index in [2.05, 4.69) is 26.1 Å². The first kappa shape index (κ1) is 45.4. The minimum Gasteiger partial charge on any atom is -0.370 e. The van der Waals surface area contributed by atoms with E-state index >= 15 is 0 Å². The van der Waals surface area contributed by atoms with Crippen molar-refractivity contribution in [1.29, 1.82) is 0 Å². The number of hydrogen-bond acceptors (Lipinski definition) is 3. The van der Waals surface area contributed by atoms with Gasteiger partial charge in [0.05, 0.1) is 0 Å². The zero-order valence-electron chi connectivity index (χ0n) is 31.9. The van der Waals surface area contributed by atoms with Crippen LogP contribution >= 0.6 is 0 Å². The zero-order chi connectivity index (χ0) is 34.6. The lowest BCUT2D eigenvalue weighted by Gasteiger charge is -2.28. The van der Waals surface area contributed by atoms with Gasteiger partial charge in [-0.05, 0) is 25.7 Å². The third-order valence-electron chi connectivity index (χ3n) is 9.69. The molecule has 3 amide bonds. The Kier molecular flexibility index (Phi) is 34.5. The minimum absolute atomic E-state index is 0.0291. The number of primary amides is 1. The highest BCUT2D eigenvalue weighted by molar-refractivity contribution is 5.88. The van der Waals surface area contributed by atoms with Gasteiger partial charge in [0, 0.05) is 25.9 Å². The highest BCUT2D eigenvalue weighted by atomic mass is 16.2. The Hall–Kier alpha value is -1.59. The first-order valence-electron chi connectivity index (χ1n) is 20.8. The Bertz CT molecular complexity index is 690. The van der Waals surface area contributed by atoms with E-state index in [-0.39, 0.29) is 24.7 Å². The van der Waals surface area contributed by atoms with E-state index in [0.717, 1.165) is 58.0 Å². The van der Waals surface area contributed by atoms with Crippen LogP contribution in [-0.4, -0.2) is 41.8 Å². The molecule has 0 rings (SSSR count). The van der Waals surface area contributed by atoms with Gasteiger partial charge in [-0.1, -0.05) is 188 Å². The quantitative estimate of drug-likeness (QED) is 0.0648. The number of carbonyl (C=O) groups is 3. The van der Waals surface area contributed by atoms with Crippen LogP contribution in [0, 0.1) is 0 Å². The lowest BCUT2D eigenvalue weighted by Crippen LogP contribution is -2.49. The van der Waals surface area contributed by atoms with Gasteiger partial charge in [0.15, 0.2) is 0 Å². The maximum absolute atomic E-state index is 13.9. The molecule has 0 heterocycles.